The van der Waals surface area contributed by atoms with E-state index in [9.17, 15) is 5.11 Å². The molecule has 2 fully saturated rings. The molecule has 0 aliphatic heterocycles. The Bertz CT molecular complexity index is 306. The van der Waals surface area contributed by atoms with Gasteiger partial charge >= 0.3 is 0 Å². The van der Waals surface area contributed by atoms with E-state index in [1.807, 2.05) is 6.07 Å². The minimum atomic E-state index is -0.176. The van der Waals surface area contributed by atoms with Crippen molar-refractivity contribution in [3.63, 3.8) is 0 Å². The molecule has 0 amide bonds. The Kier molecular flexibility index (Phi) is 2.14. The van der Waals surface area contributed by atoms with Gasteiger partial charge in [-0.25, -0.2) is 0 Å². The maximum absolute atomic E-state index is 10.2. The average Bonchev–Trinajstić information content (AvgIpc) is 2.93. The molecule has 0 saturated heterocycles. The Morgan fingerprint density at radius 3 is 2.86 bits per heavy atom. The molecule has 2 aliphatic carbocycles. The average molecular weight is 208 g/mol. The number of thiophene rings is 1. The molecular weight excluding hydrogens is 192 g/mol. The lowest BCUT2D eigenvalue weighted by atomic mass is 9.84. The molecule has 4 atom stereocenters. The highest BCUT2D eigenvalue weighted by atomic mass is 32.1. The van der Waals surface area contributed by atoms with E-state index in [2.05, 4.69) is 11.4 Å². The first-order valence-electron chi connectivity index (χ1n) is 5.56. The molecular formula is C12H16OS. The van der Waals surface area contributed by atoms with Crippen molar-refractivity contribution in [3.05, 3.63) is 22.4 Å². The van der Waals surface area contributed by atoms with E-state index in [0.717, 1.165) is 11.8 Å². The van der Waals surface area contributed by atoms with Gasteiger partial charge < -0.3 is 5.11 Å². The van der Waals surface area contributed by atoms with E-state index in [1.54, 1.807) is 11.3 Å². The normalized spacial score (nSPS) is 37.6. The third-order valence-corrected chi connectivity index (χ3v) is 4.98. The topological polar surface area (TPSA) is 20.2 Å². The van der Waals surface area contributed by atoms with Crippen molar-refractivity contribution in [2.75, 3.05) is 0 Å². The summed E-state index contributed by atoms with van der Waals surface area (Å²) >= 11 is 1.70. The number of hydrogen-bond acceptors (Lipinski definition) is 2. The first kappa shape index (κ1) is 8.93. The molecule has 1 N–H and O–H groups in total. The summed E-state index contributed by atoms with van der Waals surface area (Å²) in [5.41, 5.74) is 0. The summed E-state index contributed by atoms with van der Waals surface area (Å²) in [5.74, 6) is 2.31. The van der Waals surface area contributed by atoms with Crippen LogP contribution in [0, 0.1) is 17.8 Å². The van der Waals surface area contributed by atoms with Gasteiger partial charge in [0.05, 0.1) is 6.10 Å². The molecule has 1 heterocycles. The standard InChI is InChI=1S/C12H16OS/c13-12(11-2-1-5-14-11)10-7-8-3-4-9(10)6-8/h1-2,5,8-10,12-13H,3-4,6-7H2. The Morgan fingerprint density at radius 2 is 2.29 bits per heavy atom. The number of rotatable bonds is 2. The van der Waals surface area contributed by atoms with Gasteiger partial charge in [-0.2, -0.15) is 0 Å². The van der Waals surface area contributed by atoms with Crippen LogP contribution in [0.5, 0.6) is 0 Å². The molecule has 2 aliphatic rings. The third kappa shape index (κ3) is 1.32. The first-order chi connectivity index (χ1) is 6.84. The summed E-state index contributed by atoms with van der Waals surface area (Å²) in [6, 6.07) is 4.11. The molecule has 3 rings (SSSR count). The van der Waals surface area contributed by atoms with Gasteiger partial charge in [0.1, 0.15) is 0 Å². The smallest absolute Gasteiger partial charge is 0.0912 e. The highest BCUT2D eigenvalue weighted by Gasteiger charge is 2.43. The van der Waals surface area contributed by atoms with E-state index < -0.39 is 0 Å². The minimum absolute atomic E-state index is 0.176. The molecule has 0 radical (unpaired) electrons. The van der Waals surface area contributed by atoms with Gasteiger partial charge in [-0.3, -0.25) is 0 Å². The van der Waals surface area contributed by atoms with Crippen molar-refractivity contribution in [2.24, 2.45) is 17.8 Å². The van der Waals surface area contributed by atoms with Crippen LogP contribution in [0.3, 0.4) is 0 Å². The zero-order valence-electron chi connectivity index (χ0n) is 8.23. The van der Waals surface area contributed by atoms with Crippen LogP contribution < -0.4 is 0 Å². The molecule has 4 unspecified atom stereocenters. The monoisotopic (exact) mass is 208 g/mol. The van der Waals surface area contributed by atoms with Crippen LogP contribution in [0.15, 0.2) is 17.5 Å². The van der Waals surface area contributed by atoms with Crippen LogP contribution in [0.1, 0.15) is 36.7 Å². The van der Waals surface area contributed by atoms with Crippen molar-refractivity contribution < 1.29 is 5.11 Å². The second kappa shape index (κ2) is 3.35. The van der Waals surface area contributed by atoms with Crippen molar-refractivity contribution >= 4 is 11.3 Å². The summed E-state index contributed by atoms with van der Waals surface area (Å²) in [4.78, 5) is 1.17. The zero-order chi connectivity index (χ0) is 9.54. The van der Waals surface area contributed by atoms with Crippen molar-refractivity contribution in [3.8, 4) is 0 Å². The zero-order valence-corrected chi connectivity index (χ0v) is 9.04. The molecule has 2 heteroatoms. The third-order valence-electron chi connectivity index (χ3n) is 4.03. The molecule has 14 heavy (non-hydrogen) atoms. The quantitative estimate of drug-likeness (QED) is 0.791. The van der Waals surface area contributed by atoms with Gasteiger partial charge in [-0.1, -0.05) is 12.5 Å². The predicted molar refractivity (Wildman–Crippen MR) is 58.2 cm³/mol. The SMILES string of the molecule is OC(c1cccs1)C1CC2CCC1C2. The maximum atomic E-state index is 10.2. The fourth-order valence-corrected chi connectivity index (χ4v) is 4.14. The lowest BCUT2D eigenvalue weighted by Crippen LogP contribution is -2.18. The van der Waals surface area contributed by atoms with Gasteiger partial charge in [0.25, 0.3) is 0 Å². The molecule has 0 spiro atoms. The van der Waals surface area contributed by atoms with Gasteiger partial charge in [0.15, 0.2) is 0 Å². The van der Waals surface area contributed by atoms with Crippen LogP contribution in [0.25, 0.3) is 0 Å². The van der Waals surface area contributed by atoms with E-state index in [1.165, 1.54) is 30.6 Å². The second-order valence-electron chi connectivity index (χ2n) is 4.80. The molecule has 1 nitrogen and oxygen atoms in total. The molecule has 2 bridgehead atoms. The van der Waals surface area contributed by atoms with Crippen LogP contribution in [-0.4, -0.2) is 5.11 Å². The summed E-state index contributed by atoms with van der Waals surface area (Å²) in [5, 5.41) is 12.3. The maximum Gasteiger partial charge on any atom is 0.0912 e. The fourth-order valence-electron chi connectivity index (χ4n) is 3.35. The largest absolute Gasteiger partial charge is 0.387 e. The lowest BCUT2D eigenvalue weighted by molar-refractivity contribution is 0.0775. The Labute approximate surface area is 88.8 Å². The number of aliphatic hydroxyl groups is 1. The van der Waals surface area contributed by atoms with Gasteiger partial charge in [0.2, 0.25) is 0 Å². The van der Waals surface area contributed by atoms with Crippen molar-refractivity contribution in [2.45, 2.75) is 31.8 Å². The highest BCUT2D eigenvalue weighted by Crippen LogP contribution is 2.52. The summed E-state index contributed by atoms with van der Waals surface area (Å²) in [6.45, 7) is 0. The minimum Gasteiger partial charge on any atom is -0.387 e. The van der Waals surface area contributed by atoms with E-state index in [0.29, 0.717) is 5.92 Å². The van der Waals surface area contributed by atoms with Gasteiger partial charge in [-0.15, -0.1) is 11.3 Å². The van der Waals surface area contributed by atoms with Crippen molar-refractivity contribution in [1.29, 1.82) is 0 Å². The van der Waals surface area contributed by atoms with Gasteiger partial charge in [-0.05, 0) is 48.5 Å². The predicted octanol–water partition coefficient (Wildman–Crippen LogP) is 3.22. The molecule has 76 valence electrons. The number of aliphatic hydroxyl groups excluding tert-OH is 1. The molecule has 1 aromatic heterocycles. The summed E-state index contributed by atoms with van der Waals surface area (Å²) in [7, 11) is 0. The molecule has 2 saturated carbocycles. The second-order valence-corrected chi connectivity index (χ2v) is 5.78. The first-order valence-corrected chi connectivity index (χ1v) is 6.44. The van der Waals surface area contributed by atoms with Crippen molar-refractivity contribution in [1.82, 2.24) is 0 Å². The van der Waals surface area contributed by atoms with Crippen LogP contribution in [0.2, 0.25) is 0 Å². The highest BCUT2D eigenvalue weighted by molar-refractivity contribution is 7.10. The Morgan fingerprint density at radius 1 is 1.36 bits per heavy atom. The van der Waals surface area contributed by atoms with Crippen LogP contribution in [-0.2, 0) is 0 Å². The van der Waals surface area contributed by atoms with E-state index >= 15 is 0 Å². The number of fused-ring (bicyclic) bond motifs is 2. The summed E-state index contributed by atoms with van der Waals surface area (Å²) < 4.78 is 0. The van der Waals surface area contributed by atoms with E-state index in [4.69, 9.17) is 0 Å². The fraction of sp³-hybridized carbons (Fsp3) is 0.667. The van der Waals surface area contributed by atoms with Crippen LogP contribution >= 0.6 is 11.3 Å². The Hall–Kier alpha value is -0.340. The van der Waals surface area contributed by atoms with Gasteiger partial charge in [0, 0.05) is 4.88 Å². The molecule has 0 aromatic carbocycles. The summed E-state index contributed by atoms with van der Waals surface area (Å²) in [6.07, 6.45) is 5.25. The molecule has 1 aromatic rings. The van der Waals surface area contributed by atoms with Crippen LogP contribution in [0.4, 0.5) is 0 Å². The Balaban J connectivity index is 1.77. The lowest BCUT2D eigenvalue weighted by Gasteiger charge is -2.25. The number of hydrogen-bond donors (Lipinski definition) is 1. The van der Waals surface area contributed by atoms with E-state index in [-0.39, 0.29) is 6.10 Å².